The van der Waals surface area contributed by atoms with Crippen LogP contribution in [0.25, 0.3) is 32.8 Å². The highest BCUT2D eigenvalue weighted by atomic mass is 79.9. The second-order valence-electron chi connectivity index (χ2n) is 10.6. The molecule has 3 aromatic carbocycles. The van der Waals surface area contributed by atoms with Crippen molar-refractivity contribution < 1.29 is 8.78 Å². The molecular formula is C33H23BrF2N6O2S2. The van der Waals surface area contributed by atoms with Gasteiger partial charge in [0.2, 0.25) is 10.3 Å². The summed E-state index contributed by atoms with van der Waals surface area (Å²) in [6, 6.07) is 19.7. The van der Waals surface area contributed by atoms with Crippen LogP contribution in [0.4, 0.5) is 8.78 Å². The first kappa shape index (κ1) is 30.0. The number of thiazole rings is 2. The van der Waals surface area contributed by atoms with Gasteiger partial charge in [0.15, 0.2) is 0 Å². The quantitative estimate of drug-likeness (QED) is 0.176. The van der Waals surface area contributed by atoms with E-state index >= 15 is 0 Å². The largest absolute Gasteiger partial charge is 0.293 e. The van der Waals surface area contributed by atoms with Crippen LogP contribution in [-0.2, 0) is 0 Å². The third-order valence-corrected chi connectivity index (χ3v) is 9.80. The first-order valence-corrected chi connectivity index (χ1v) is 16.6. The maximum Gasteiger partial charge on any atom is 0.277 e. The molecular weight excluding hydrogens is 694 g/mol. The number of aromatic amines is 2. The molecule has 7 aromatic rings. The van der Waals surface area contributed by atoms with Gasteiger partial charge in [-0.15, -0.1) is 22.7 Å². The lowest BCUT2D eigenvalue weighted by molar-refractivity contribution is 0.628. The van der Waals surface area contributed by atoms with Crippen molar-refractivity contribution in [2.45, 2.75) is 19.8 Å². The number of hydrogen-bond donors (Lipinski definition) is 2. The van der Waals surface area contributed by atoms with E-state index in [1.54, 1.807) is 48.9 Å². The molecule has 0 spiro atoms. The highest BCUT2D eigenvalue weighted by molar-refractivity contribution is 9.10. The first-order valence-electron chi connectivity index (χ1n) is 14.0. The van der Waals surface area contributed by atoms with Crippen molar-refractivity contribution in [2.75, 3.05) is 0 Å². The normalized spacial score (nSPS) is 11.5. The minimum absolute atomic E-state index is 0.361. The Kier molecular flexibility index (Phi) is 7.75. The van der Waals surface area contributed by atoms with Crippen LogP contribution in [0.2, 0.25) is 0 Å². The summed E-state index contributed by atoms with van der Waals surface area (Å²) in [5, 5.41) is 10.6. The second kappa shape index (κ2) is 11.9. The summed E-state index contributed by atoms with van der Waals surface area (Å²) in [5.74, 6) is -1.50. The maximum absolute atomic E-state index is 14.2. The molecule has 230 valence electrons. The fourth-order valence-electron chi connectivity index (χ4n) is 5.50. The van der Waals surface area contributed by atoms with Gasteiger partial charge in [-0.2, -0.15) is 9.36 Å². The Morgan fingerprint density at radius 3 is 1.61 bits per heavy atom. The van der Waals surface area contributed by atoms with Crippen LogP contribution in [0.5, 0.6) is 0 Å². The molecule has 0 bridgehead atoms. The fraction of sp³-hybridized carbons (Fsp3) is 0.0909. The molecule has 13 heteroatoms. The average molecular weight is 718 g/mol. The Morgan fingerprint density at radius 2 is 1.17 bits per heavy atom. The molecule has 0 saturated carbocycles. The van der Waals surface area contributed by atoms with Gasteiger partial charge < -0.3 is 0 Å². The van der Waals surface area contributed by atoms with E-state index < -0.39 is 5.92 Å². The van der Waals surface area contributed by atoms with Gasteiger partial charge in [-0.3, -0.25) is 19.8 Å². The smallest absolute Gasteiger partial charge is 0.277 e. The summed E-state index contributed by atoms with van der Waals surface area (Å²) in [6.07, 6.45) is 0. The summed E-state index contributed by atoms with van der Waals surface area (Å²) >= 11 is 5.97. The van der Waals surface area contributed by atoms with Crippen LogP contribution < -0.4 is 11.1 Å². The zero-order chi connectivity index (χ0) is 32.1. The van der Waals surface area contributed by atoms with Crippen molar-refractivity contribution in [1.82, 2.24) is 29.5 Å². The molecule has 0 atom stereocenters. The van der Waals surface area contributed by atoms with E-state index in [4.69, 9.17) is 0 Å². The van der Waals surface area contributed by atoms with Crippen molar-refractivity contribution in [1.29, 1.82) is 0 Å². The number of hydrogen-bond acceptors (Lipinski definition) is 6. The molecule has 0 saturated heterocycles. The highest BCUT2D eigenvalue weighted by Gasteiger charge is 2.31. The van der Waals surface area contributed by atoms with Crippen molar-refractivity contribution in [3.8, 4) is 32.8 Å². The molecule has 7 rings (SSSR count). The molecule has 0 radical (unpaired) electrons. The van der Waals surface area contributed by atoms with Gasteiger partial charge in [0.05, 0.1) is 22.5 Å². The van der Waals surface area contributed by atoms with E-state index in [9.17, 15) is 18.4 Å². The number of aryl methyl sites for hydroxylation is 2. The van der Waals surface area contributed by atoms with Gasteiger partial charge in [0.25, 0.3) is 11.1 Å². The third kappa shape index (κ3) is 5.40. The van der Waals surface area contributed by atoms with Gasteiger partial charge in [0, 0.05) is 43.7 Å². The fourth-order valence-corrected chi connectivity index (χ4v) is 7.34. The molecule has 4 heterocycles. The number of H-pyrrole nitrogens is 2. The molecule has 0 fully saturated rings. The van der Waals surface area contributed by atoms with Crippen LogP contribution in [0.15, 0.2) is 97.6 Å². The molecule has 0 aliphatic rings. The zero-order valence-electron chi connectivity index (χ0n) is 24.2. The number of benzene rings is 3. The van der Waals surface area contributed by atoms with Crippen molar-refractivity contribution in [3.63, 3.8) is 0 Å². The Morgan fingerprint density at radius 1 is 0.717 bits per heavy atom. The molecule has 2 N–H and O–H groups in total. The molecule has 8 nitrogen and oxygen atoms in total. The van der Waals surface area contributed by atoms with E-state index in [1.165, 1.54) is 56.3 Å². The predicted molar refractivity (Wildman–Crippen MR) is 179 cm³/mol. The van der Waals surface area contributed by atoms with Crippen molar-refractivity contribution >= 4 is 38.6 Å². The standard InChI is InChI=1S/C33H23BrF2N6O2S2/c1-17-27(30(43)41(39-17)32-37-25(15-45-32)20-5-3-7-23(35)13-20)29(19-9-11-22(34)12-10-19)28-18(2)40-42(31(28)44)33-38-26(16-46-33)21-6-4-8-24(36)14-21/h3-16,29,39-40H,1-2H3. The lowest BCUT2D eigenvalue weighted by Crippen LogP contribution is -2.25. The Labute approximate surface area is 276 Å². The summed E-state index contributed by atoms with van der Waals surface area (Å²) in [7, 11) is 0. The zero-order valence-corrected chi connectivity index (χ0v) is 27.4. The number of nitrogens with one attached hydrogen (secondary N) is 2. The van der Waals surface area contributed by atoms with Crippen LogP contribution >= 0.6 is 38.6 Å². The molecule has 46 heavy (non-hydrogen) atoms. The van der Waals surface area contributed by atoms with Crippen LogP contribution in [-0.4, -0.2) is 29.5 Å². The first-order chi connectivity index (χ1) is 22.2. The van der Waals surface area contributed by atoms with Gasteiger partial charge in [-0.1, -0.05) is 52.3 Å². The minimum Gasteiger partial charge on any atom is -0.293 e. The highest BCUT2D eigenvalue weighted by Crippen LogP contribution is 2.34. The van der Waals surface area contributed by atoms with E-state index in [0.29, 0.717) is 55.3 Å². The maximum atomic E-state index is 14.2. The van der Waals surface area contributed by atoms with Gasteiger partial charge in [-0.05, 0) is 55.8 Å². The van der Waals surface area contributed by atoms with E-state index in [1.807, 2.05) is 24.3 Å². The minimum atomic E-state index is -0.742. The molecule has 0 unspecified atom stereocenters. The Balaban J connectivity index is 1.35. The molecule has 0 aliphatic heterocycles. The summed E-state index contributed by atoms with van der Waals surface area (Å²) in [4.78, 5) is 37.6. The molecule has 0 aliphatic carbocycles. The summed E-state index contributed by atoms with van der Waals surface area (Å²) in [5.41, 5.74) is 4.18. The van der Waals surface area contributed by atoms with Gasteiger partial charge in [0.1, 0.15) is 11.6 Å². The number of aromatic nitrogens is 6. The van der Waals surface area contributed by atoms with Crippen LogP contribution in [0.1, 0.15) is 34.0 Å². The van der Waals surface area contributed by atoms with Gasteiger partial charge >= 0.3 is 0 Å². The Hall–Kier alpha value is -4.72. The van der Waals surface area contributed by atoms with E-state index in [2.05, 4.69) is 36.1 Å². The monoisotopic (exact) mass is 716 g/mol. The summed E-state index contributed by atoms with van der Waals surface area (Å²) < 4.78 is 31.3. The third-order valence-electron chi connectivity index (χ3n) is 7.62. The SMILES string of the molecule is Cc1[nH]n(-c2nc(-c3cccc(F)c3)cs2)c(=O)c1C(c1ccc(Br)cc1)c1c(C)[nH]n(-c2nc(-c3cccc(F)c3)cs2)c1=O. The Bertz CT molecular complexity index is 2210. The lowest BCUT2D eigenvalue weighted by atomic mass is 9.85. The van der Waals surface area contributed by atoms with Crippen molar-refractivity contribution in [2.24, 2.45) is 0 Å². The number of nitrogens with zero attached hydrogens (tertiary/aromatic N) is 4. The van der Waals surface area contributed by atoms with Crippen LogP contribution in [0, 0.1) is 25.5 Å². The second-order valence-corrected chi connectivity index (χ2v) is 13.2. The number of rotatable bonds is 7. The summed E-state index contributed by atoms with van der Waals surface area (Å²) in [6.45, 7) is 3.57. The predicted octanol–water partition coefficient (Wildman–Crippen LogP) is 7.73. The van der Waals surface area contributed by atoms with Gasteiger partial charge in [-0.25, -0.2) is 18.7 Å². The number of halogens is 3. The van der Waals surface area contributed by atoms with Crippen molar-refractivity contribution in [3.05, 3.63) is 148 Å². The van der Waals surface area contributed by atoms with Crippen LogP contribution in [0.3, 0.4) is 0 Å². The lowest BCUT2D eigenvalue weighted by Gasteiger charge is -2.16. The molecule has 4 aromatic heterocycles. The topological polar surface area (TPSA) is 101 Å². The molecule has 0 amide bonds. The average Bonchev–Trinajstić information content (AvgIpc) is 3.83. The van der Waals surface area contributed by atoms with E-state index in [0.717, 1.165) is 10.0 Å². The van der Waals surface area contributed by atoms with E-state index in [-0.39, 0.29) is 22.8 Å².